The van der Waals surface area contributed by atoms with Crippen molar-refractivity contribution in [2.75, 3.05) is 6.54 Å². The summed E-state index contributed by atoms with van der Waals surface area (Å²) in [6.45, 7) is 4.32. The van der Waals surface area contributed by atoms with Crippen LogP contribution in [-0.2, 0) is 4.79 Å². The third-order valence-corrected chi connectivity index (χ3v) is 4.38. The van der Waals surface area contributed by atoms with E-state index in [0.717, 1.165) is 21.1 Å². The maximum absolute atomic E-state index is 11.6. The largest absolute Gasteiger partial charge is 0.349 e. The average molecular weight is 289 g/mol. The molecule has 0 fully saturated rings. The molecule has 4 nitrogen and oxygen atoms in total. The van der Waals surface area contributed by atoms with E-state index in [-0.39, 0.29) is 11.9 Å². The number of aromatic nitrogens is 1. The van der Waals surface area contributed by atoms with E-state index in [4.69, 9.17) is 5.73 Å². The Kier molecular flexibility index (Phi) is 4.87. The number of hydrogen-bond acceptors (Lipinski definition) is 4. The number of amides is 1. The van der Waals surface area contributed by atoms with Crippen molar-refractivity contribution < 1.29 is 4.79 Å². The van der Waals surface area contributed by atoms with Gasteiger partial charge in [-0.2, -0.15) is 0 Å². The lowest BCUT2D eigenvalue weighted by atomic mass is 10.2. The van der Waals surface area contributed by atoms with E-state index >= 15 is 0 Å². The first kappa shape index (κ1) is 14.7. The first-order valence-electron chi connectivity index (χ1n) is 6.64. The number of nitrogens with zero attached hydrogens (tertiary/aromatic N) is 1. The van der Waals surface area contributed by atoms with E-state index in [1.807, 2.05) is 44.2 Å². The molecule has 0 bridgehead atoms. The Balaban J connectivity index is 2.17. The summed E-state index contributed by atoms with van der Waals surface area (Å²) in [6, 6.07) is 10.0. The van der Waals surface area contributed by atoms with Crippen LogP contribution in [0.3, 0.4) is 0 Å². The number of benzene rings is 1. The van der Waals surface area contributed by atoms with Crippen LogP contribution in [-0.4, -0.2) is 17.4 Å². The van der Waals surface area contributed by atoms with Gasteiger partial charge >= 0.3 is 0 Å². The maximum Gasteiger partial charge on any atom is 0.221 e. The minimum Gasteiger partial charge on any atom is -0.349 e. The molecule has 1 unspecified atom stereocenters. The zero-order valence-corrected chi connectivity index (χ0v) is 12.5. The predicted octanol–water partition coefficient (Wildman–Crippen LogP) is 2.64. The number of hydrogen-bond donors (Lipinski definition) is 2. The molecule has 0 saturated carbocycles. The number of carbonyl (C=O) groups excluding carboxylic acids is 1. The van der Waals surface area contributed by atoms with Crippen LogP contribution in [0, 0.1) is 6.92 Å². The molecular formula is C15H19N3OS. The maximum atomic E-state index is 11.6. The third kappa shape index (κ3) is 3.43. The molecule has 106 valence electrons. The van der Waals surface area contributed by atoms with Crippen molar-refractivity contribution in [2.24, 2.45) is 5.73 Å². The quantitative estimate of drug-likeness (QED) is 0.889. The molecule has 0 aliphatic carbocycles. The Morgan fingerprint density at radius 1 is 1.40 bits per heavy atom. The van der Waals surface area contributed by atoms with Crippen LogP contribution in [0.15, 0.2) is 30.3 Å². The Hall–Kier alpha value is -1.72. The lowest BCUT2D eigenvalue weighted by molar-refractivity contribution is -0.121. The molecule has 20 heavy (non-hydrogen) atoms. The number of thiazole rings is 1. The summed E-state index contributed by atoms with van der Waals surface area (Å²) in [5, 5.41) is 3.94. The second kappa shape index (κ2) is 6.63. The third-order valence-electron chi connectivity index (χ3n) is 3.00. The molecule has 3 N–H and O–H groups in total. The van der Waals surface area contributed by atoms with Crippen molar-refractivity contribution >= 4 is 17.2 Å². The van der Waals surface area contributed by atoms with Gasteiger partial charge in [-0.15, -0.1) is 11.3 Å². The normalized spacial score (nSPS) is 12.2. The van der Waals surface area contributed by atoms with E-state index < -0.39 is 0 Å². The van der Waals surface area contributed by atoms with Gasteiger partial charge in [-0.05, 0) is 13.8 Å². The number of nitrogens with one attached hydrogen (secondary N) is 1. The molecule has 1 amide bonds. The number of rotatable bonds is 5. The predicted molar refractivity (Wildman–Crippen MR) is 82.5 cm³/mol. The van der Waals surface area contributed by atoms with Crippen LogP contribution in [0.2, 0.25) is 0 Å². The van der Waals surface area contributed by atoms with Crippen LogP contribution in [0.5, 0.6) is 0 Å². The summed E-state index contributed by atoms with van der Waals surface area (Å²) in [5.74, 6) is -0.0194. The smallest absolute Gasteiger partial charge is 0.221 e. The molecule has 1 heterocycles. The number of carbonyl (C=O) groups is 1. The highest BCUT2D eigenvalue weighted by Crippen LogP contribution is 2.31. The van der Waals surface area contributed by atoms with Crippen molar-refractivity contribution in [2.45, 2.75) is 26.3 Å². The number of aryl methyl sites for hydroxylation is 1. The highest BCUT2D eigenvalue weighted by Gasteiger charge is 2.16. The molecule has 0 aliphatic heterocycles. The van der Waals surface area contributed by atoms with Gasteiger partial charge in [0.25, 0.3) is 0 Å². The van der Waals surface area contributed by atoms with Crippen LogP contribution in [0.25, 0.3) is 10.6 Å². The van der Waals surface area contributed by atoms with E-state index in [0.29, 0.717) is 13.0 Å². The molecule has 0 spiro atoms. The zero-order valence-electron chi connectivity index (χ0n) is 11.7. The fraction of sp³-hybridized carbons (Fsp3) is 0.333. The van der Waals surface area contributed by atoms with Crippen LogP contribution in [0.4, 0.5) is 0 Å². The first-order valence-corrected chi connectivity index (χ1v) is 7.45. The summed E-state index contributed by atoms with van der Waals surface area (Å²) in [7, 11) is 0. The molecule has 2 rings (SSSR count). The van der Waals surface area contributed by atoms with E-state index in [1.165, 1.54) is 0 Å². The fourth-order valence-corrected chi connectivity index (χ4v) is 3.10. The molecule has 0 radical (unpaired) electrons. The molecule has 2 aromatic rings. The summed E-state index contributed by atoms with van der Waals surface area (Å²) in [6.07, 6.45) is 0.355. The van der Waals surface area contributed by atoms with Gasteiger partial charge in [-0.3, -0.25) is 4.79 Å². The van der Waals surface area contributed by atoms with Crippen LogP contribution in [0.1, 0.15) is 30.0 Å². The molecule has 0 saturated heterocycles. The van der Waals surface area contributed by atoms with Crippen LogP contribution >= 0.6 is 11.3 Å². The summed E-state index contributed by atoms with van der Waals surface area (Å²) in [5.41, 5.74) is 7.45. The van der Waals surface area contributed by atoms with Gasteiger partial charge in [0, 0.05) is 18.5 Å². The SMILES string of the molecule is Cc1nc(-c2ccccc2)sc1C(C)NC(=O)CCN. The standard InChI is InChI=1S/C15H19N3OS/c1-10(17-13(19)8-9-16)14-11(2)18-15(20-14)12-6-4-3-5-7-12/h3-7,10H,8-9,16H2,1-2H3,(H,17,19). The highest BCUT2D eigenvalue weighted by atomic mass is 32.1. The van der Waals surface area contributed by atoms with Crippen molar-refractivity contribution in [1.29, 1.82) is 0 Å². The minimum atomic E-state index is -0.0380. The Bertz CT molecular complexity index is 580. The molecule has 0 aliphatic rings. The first-order chi connectivity index (χ1) is 9.61. The molecule has 5 heteroatoms. The average Bonchev–Trinajstić information content (AvgIpc) is 2.82. The summed E-state index contributed by atoms with van der Waals surface area (Å²) >= 11 is 1.62. The topological polar surface area (TPSA) is 68.0 Å². The van der Waals surface area contributed by atoms with Gasteiger partial charge < -0.3 is 11.1 Å². The van der Waals surface area contributed by atoms with Gasteiger partial charge in [0.15, 0.2) is 0 Å². The summed E-state index contributed by atoms with van der Waals surface area (Å²) in [4.78, 5) is 17.3. The van der Waals surface area contributed by atoms with Gasteiger partial charge in [-0.1, -0.05) is 30.3 Å². The van der Waals surface area contributed by atoms with Crippen molar-refractivity contribution in [3.05, 3.63) is 40.9 Å². The van der Waals surface area contributed by atoms with E-state index in [1.54, 1.807) is 11.3 Å². The minimum absolute atomic E-state index is 0.0194. The van der Waals surface area contributed by atoms with E-state index in [9.17, 15) is 4.79 Å². The lowest BCUT2D eigenvalue weighted by Gasteiger charge is -2.12. The Morgan fingerprint density at radius 2 is 2.10 bits per heavy atom. The van der Waals surface area contributed by atoms with Gasteiger partial charge in [0.05, 0.1) is 16.6 Å². The Morgan fingerprint density at radius 3 is 2.75 bits per heavy atom. The van der Waals surface area contributed by atoms with Gasteiger partial charge in [0.1, 0.15) is 5.01 Å². The highest BCUT2D eigenvalue weighted by molar-refractivity contribution is 7.15. The second-order valence-electron chi connectivity index (χ2n) is 4.66. The monoisotopic (exact) mass is 289 g/mol. The van der Waals surface area contributed by atoms with Crippen molar-refractivity contribution in [3.8, 4) is 10.6 Å². The molecular weight excluding hydrogens is 270 g/mol. The lowest BCUT2D eigenvalue weighted by Crippen LogP contribution is -2.28. The Labute approximate surface area is 123 Å². The zero-order chi connectivity index (χ0) is 14.5. The van der Waals surface area contributed by atoms with Crippen LogP contribution < -0.4 is 11.1 Å². The molecule has 1 atom stereocenters. The fourth-order valence-electron chi connectivity index (χ4n) is 2.02. The molecule has 1 aromatic carbocycles. The van der Waals surface area contributed by atoms with Gasteiger partial charge in [-0.25, -0.2) is 4.98 Å². The van der Waals surface area contributed by atoms with Crippen molar-refractivity contribution in [3.63, 3.8) is 0 Å². The molecule has 1 aromatic heterocycles. The summed E-state index contributed by atoms with van der Waals surface area (Å²) < 4.78 is 0. The van der Waals surface area contributed by atoms with E-state index in [2.05, 4.69) is 10.3 Å². The second-order valence-corrected chi connectivity index (χ2v) is 5.69. The number of nitrogens with two attached hydrogens (primary N) is 1. The van der Waals surface area contributed by atoms with Crippen molar-refractivity contribution in [1.82, 2.24) is 10.3 Å². The van der Waals surface area contributed by atoms with Gasteiger partial charge in [0.2, 0.25) is 5.91 Å².